The summed E-state index contributed by atoms with van der Waals surface area (Å²) in [6.45, 7) is 5.42. The fourth-order valence-electron chi connectivity index (χ4n) is 6.31. The highest BCUT2D eigenvalue weighted by molar-refractivity contribution is 6.33. The number of hydrogen-bond donors (Lipinski definition) is 1. The number of piperidine rings is 1. The SMILES string of the molecule is C=Cc1cnn2c(NC3CCN(C(=O)C4(c5ccccc5)CCCCC4)CC3)cc(-c3ccccc3Cl)nc12. The third-order valence-electron chi connectivity index (χ3n) is 8.45. The van der Waals surface area contributed by atoms with Gasteiger partial charge in [-0.1, -0.05) is 92.0 Å². The van der Waals surface area contributed by atoms with Crippen molar-refractivity contribution in [1.82, 2.24) is 19.5 Å². The van der Waals surface area contributed by atoms with Crippen LogP contribution in [0.4, 0.5) is 5.82 Å². The van der Waals surface area contributed by atoms with Crippen LogP contribution in [0.3, 0.4) is 0 Å². The fraction of sp³-hybridized carbons (Fsp3) is 0.344. The zero-order chi connectivity index (χ0) is 26.8. The monoisotopic (exact) mass is 539 g/mol. The van der Waals surface area contributed by atoms with Gasteiger partial charge < -0.3 is 10.2 Å². The van der Waals surface area contributed by atoms with E-state index in [1.807, 2.05) is 40.9 Å². The minimum absolute atomic E-state index is 0.217. The Labute approximate surface area is 234 Å². The summed E-state index contributed by atoms with van der Waals surface area (Å²) >= 11 is 6.53. The molecule has 200 valence electrons. The van der Waals surface area contributed by atoms with Crippen LogP contribution in [0.1, 0.15) is 56.1 Å². The van der Waals surface area contributed by atoms with Crippen LogP contribution in [0.15, 0.2) is 73.4 Å². The van der Waals surface area contributed by atoms with Crippen molar-refractivity contribution in [2.45, 2.75) is 56.4 Å². The summed E-state index contributed by atoms with van der Waals surface area (Å²) in [7, 11) is 0. The summed E-state index contributed by atoms with van der Waals surface area (Å²) in [6, 6.07) is 20.4. The van der Waals surface area contributed by atoms with Crippen LogP contribution in [0, 0.1) is 0 Å². The molecule has 0 spiro atoms. The maximum absolute atomic E-state index is 14.0. The summed E-state index contributed by atoms with van der Waals surface area (Å²) < 4.78 is 1.83. The van der Waals surface area contributed by atoms with Crippen molar-refractivity contribution in [2.24, 2.45) is 0 Å². The van der Waals surface area contributed by atoms with Crippen LogP contribution in [-0.4, -0.2) is 44.5 Å². The summed E-state index contributed by atoms with van der Waals surface area (Å²) in [5, 5.41) is 8.95. The average molecular weight is 540 g/mol. The minimum atomic E-state index is -0.378. The number of anilines is 1. The molecule has 7 heteroatoms. The molecule has 0 radical (unpaired) electrons. The highest BCUT2D eigenvalue weighted by Crippen LogP contribution is 2.41. The van der Waals surface area contributed by atoms with E-state index in [-0.39, 0.29) is 11.5 Å². The van der Waals surface area contributed by atoms with Crippen molar-refractivity contribution in [3.8, 4) is 11.3 Å². The predicted molar refractivity (Wildman–Crippen MR) is 158 cm³/mol. The molecule has 6 rings (SSSR count). The number of hydrogen-bond acceptors (Lipinski definition) is 4. The molecule has 0 atom stereocenters. The molecule has 1 amide bonds. The van der Waals surface area contributed by atoms with Gasteiger partial charge in [0.05, 0.1) is 17.3 Å². The number of carbonyl (C=O) groups excluding carboxylic acids is 1. The van der Waals surface area contributed by atoms with Gasteiger partial charge in [0.2, 0.25) is 5.91 Å². The van der Waals surface area contributed by atoms with Gasteiger partial charge in [-0.15, -0.1) is 0 Å². The number of carbonyl (C=O) groups is 1. The second-order valence-electron chi connectivity index (χ2n) is 10.8. The standard InChI is InChI=1S/C32H34ClN5O/c1-2-23-22-34-38-29(21-28(36-30(23)38)26-13-7-8-14-27(26)33)35-25-15-19-37(20-16-25)31(39)32(17-9-4-10-18-32)24-11-5-3-6-12-24/h2-3,5-8,11-14,21-22,25,35H,1,4,9-10,15-20H2. The molecule has 1 saturated carbocycles. The summed E-state index contributed by atoms with van der Waals surface area (Å²) in [5.74, 6) is 1.17. The molecule has 6 nitrogen and oxygen atoms in total. The largest absolute Gasteiger partial charge is 0.367 e. The third-order valence-corrected chi connectivity index (χ3v) is 8.78. The summed E-state index contributed by atoms with van der Waals surface area (Å²) in [4.78, 5) is 21.0. The number of benzene rings is 2. The number of nitrogens with one attached hydrogen (secondary N) is 1. The zero-order valence-electron chi connectivity index (χ0n) is 22.2. The molecule has 39 heavy (non-hydrogen) atoms. The van der Waals surface area contributed by atoms with E-state index in [0.717, 1.165) is 79.9 Å². The van der Waals surface area contributed by atoms with E-state index in [2.05, 4.69) is 46.2 Å². The van der Waals surface area contributed by atoms with E-state index in [1.165, 1.54) is 12.0 Å². The molecular formula is C32H34ClN5O. The van der Waals surface area contributed by atoms with E-state index in [9.17, 15) is 4.79 Å². The molecule has 2 fully saturated rings. The molecule has 1 N–H and O–H groups in total. The number of halogens is 1. The molecule has 0 bridgehead atoms. The Hall–Kier alpha value is -3.64. The molecule has 3 heterocycles. The number of rotatable bonds is 6. The molecule has 1 saturated heterocycles. The van der Waals surface area contributed by atoms with Gasteiger partial charge in [0.15, 0.2) is 5.65 Å². The van der Waals surface area contributed by atoms with Crippen molar-refractivity contribution < 1.29 is 4.79 Å². The smallest absolute Gasteiger partial charge is 0.233 e. The third kappa shape index (κ3) is 4.82. The maximum Gasteiger partial charge on any atom is 0.233 e. The molecule has 4 aromatic rings. The molecule has 1 aliphatic carbocycles. The van der Waals surface area contributed by atoms with Crippen LogP contribution < -0.4 is 5.32 Å². The van der Waals surface area contributed by atoms with Crippen molar-refractivity contribution in [3.63, 3.8) is 0 Å². The Morgan fingerprint density at radius 2 is 1.74 bits per heavy atom. The number of aromatic nitrogens is 3. The van der Waals surface area contributed by atoms with Crippen LogP contribution in [0.2, 0.25) is 5.02 Å². The topological polar surface area (TPSA) is 62.5 Å². The predicted octanol–water partition coefficient (Wildman–Crippen LogP) is 7.00. The number of likely N-dealkylation sites (tertiary alicyclic amines) is 1. The lowest BCUT2D eigenvalue weighted by molar-refractivity contribution is -0.139. The Bertz CT molecular complexity index is 1480. The fourth-order valence-corrected chi connectivity index (χ4v) is 6.54. The Morgan fingerprint density at radius 1 is 1.03 bits per heavy atom. The Kier molecular flexibility index (Phi) is 7.13. The average Bonchev–Trinajstić information content (AvgIpc) is 3.42. The second-order valence-corrected chi connectivity index (χ2v) is 11.2. The van der Waals surface area contributed by atoms with Crippen LogP contribution in [0.25, 0.3) is 23.0 Å². The van der Waals surface area contributed by atoms with Crippen molar-refractivity contribution >= 4 is 35.0 Å². The first-order valence-electron chi connectivity index (χ1n) is 14.0. The first-order chi connectivity index (χ1) is 19.1. The Morgan fingerprint density at radius 3 is 2.46 bits per heavy atom. The first kappa shape index (κ1) is 25.6. The van der Waals surface area contributed by atoms with Crippen molar-refractivity contribution in [2.75, 3.05) is 18.4 Å². The highest BCUT2D eigenvalue weighted by atomic mass is 35.5. The first-order valence-corrected chi connectivity index (χ1v) is 14.3. The lowest BCUT2D eigenvalue weighted by Gasteiger charge is -2.42. The van der Waals surface area contributed by atoms with Gasteiger partial charge >= 0.3 is 0 Å². The molecule has 2 aliphatic rings. The molecule has 0 unspecified atom stereocenters. The molecule has 2 aromatic heterocycles. The normalized spacial score (nSPS) is 17.7. The van der Waals surface area contributed by atoms with Crippen LogP contribution in [0.5, 0.6) is 0 Å². The minimum Gasteiger partial charge on any atom is -0.367 e. The zero-order valence-corrected chi connectivity index (χ0v) is 22.9. The van der Waals surface area contributed by atoms with Gasteiger partial charge in [-0.2, -0.15) is 9.61 Å². The van der Waals surface area contributed by atoms with Crippen molar-refractivity contribution in [3.05, 3.63) is 89.6 Å². The van der Waals surface area contributed by atoms with Crippen molar-refractivity contribution in [1.29, 1.82) is 0 Å². The molecule has 2 aromatic carbocycles. The number of nitrogens with zero attached hydrogens (tertiary/aromatic N) is 4. The van der Waals surface area contributed by atoms with Crippen LogP contribution in [-0.2, 0) is 10.2 Å². The number of fused-ring (bicyclic) bond motifs is 1. The Balaban J connectivity index is 1.23. The van der Waals surface area contributed by atoms with E-state index in [4.69, 9.17) is 16.6 Å². The van der Waals surface area contributed by atoms with E-state index >= 15 is 0 Å². The van der Waals surface area contributed by atoms with Gasteiger partial charge in [0.25, 0.3) is 0 Å². The second kappa shape index (κ2) is 10.9. The van der Waals surface area contributed by atoms with E-state index in [0.29, 0.717) is 10.9 Å². The number of amides is 1. The summed E-state index contributed by atoms with van der Waals surface area (Å²) in [6.07, 6.45) is 10.6. The van der Waals surface area contributed by atoms with Gasteiger partial charge in [0.1, 0.15) is 5.82 Å². The maximum atomic E-state index is 14.0. The molecule has 1 aliphatic heterocycles. The van der Waals surface area contributed by atoms with E-state index in [1.54, 1.807) is 12.3 Å². The van der Waals surface area contributed by atoms with E-state index < -0.39 is 0 Å². The van der Waals surface area contributed by atoms with Gasteiger partial charge in [0, 0.05) is 41.3 Å². The van der Waals surface area contributed by atoms with Crippen LogP contribution >= 0.6 is 11.6 Å². The molecular weight excluding hydrogens is 506 g/mol. The summed E-state index contributed by atoms with van der Waals surface area (Å²) in [5.41, 5.74) is 4.06. The lowest BCUT2D eigenvalue weighted by atomic mass is 9.68. The highest BCUT2D eigenvalue weighted by Gasteiger charge is 2.44. The quantitative estimate of drug-likeness (QED) is 0.286. The van der Waals surface area contributed by atoms with Gasteiger partial charge in [-0.25, -0.2) is 4.98 Å². The van der Waals surface area contributed by atoms with Gasteiger partial charge in [-0.3, -0.25) is 4.79 Å². The van der Waals surface area contributed by atoms with Gasteiger partial charge in [-0.05, 0) is 37.3 Å². The lowest BCUT2D eigenvalue weighted by Crippen LogP contribution is -2.51.